The van der Waals surface area contributed by atoms with Gasteiger partial charge in [0.2, 0.25) is 0 Å². The van der Waals surface area contributed by atoms with Gasteiger partial charge in [0.25, 0.3) is 0 Å². The maximum absolute atomic E-state index is 5.55. The molecule has 5 rings (SSSR count). The van der Waals surface area contributed by atoms with Crippen LogP contribution < -0.4 is 9.64 Å². The number of hydrogen-bond donors (Lipinski definition) is 0. The van der Waals surface area contributed by atoms with Crippen LogP contribution in [0, 0.1) is 6.92 Å². The molecule has 31 heavy (non-hydrogen) atoms. The van der Waals surface area contributed by atoms with Crippen molar-refractivity contribution in [1.82, 2.24) is 0 Å². The van der Waals surface area contributed by atoms with Crippen molar-refractivity contribution in [3.8, 4) is 16.9 Å². The van der Waals surface area contributed by atoms with E-state index in [0.29, 0.717) is 0 Å². The maximum atomic E-state index is 5.55. The van der Waals surface area contributed by atoms with Gasteiger partial charge in [0.05, 0.1) is 12.8 Å². The van der Waals surface area contributed by atoms with Gasteiger partial charge in [0, 0.05) is 28.4 Å². The third-order valence-electron chi connectivity index (χ3n) is 6.40. The predicted octanol–water partition coefficient (Wildman–Crippen LogP) is 7.78. The molecule has 0 radical (unpaired) electrons. The Kier molecular flexibility index (Phi) is 4.59. The number of benzene rings is 4. The van der Waals surface area contributed by atoms with Gasteiger partial charge in [-0.1, -0.05) is 74.0 Å². The average molecular weight is 406 g/mol. The molecular weight excluding hydrogens is 378 g/mol. The van der Waals surface area contributed by atoms with Crippen molar-refractivity contribution in [2.24, 2.45) is 0 Å². The molecule has 4 aromatic carbocycles. The Bertz CT molecular complexity index is 1260. The van der Waals surface area contributed by atoms with E-state index in [1.807, 2.05) is 6.07 Å². The molecule has 0 aromatic heterocycles. The van der Waals surface area contributed by atoms with Gasteiger partial charge in [-0.2, -0.15) is 0 Å². The van der Waals surface area contributed by atoms with Gasteiger partial charge < -0.3 is 9.64 Å². The molecule has 0 amide bonds. The summed E-state index contributed by atoms with van der Waals surface area (Å²) >= 11 is 0. The fraction of sp³-hybridized carbons (Fsp3) is 0.172. The van der Waals surface area contributed by atoms with Crippen molar-refractivity contribution in [2.75, 3.05) is 12.0 Å². The molecular formula is C29H27NO. The lowest BCUT2D eigenvalue weighted by atomic mass is 9.82. The molecule has 0 atom stereocenters. The maximum Gasteiger partial charge on any atom is 0.120 e. The number of aryl methyl sites for hydroxylation is 1. The van der Waals surface area contributed by atoms with Crippen molar-refractivity contribution in [1.29, 1.82) is 0 Å². The number of anilines is 3. The summed E-state index contributed by atoms with van der Waals surface area (Å²) in [6.45, 7) is 6.84. The first kappa shape index (κ1) is 19.4. The number of rotatable bonds is 4. The number of methoxy groups -OCH3 is 1. The van der Waals surface area contributed by atoms with Crippen LogP contribution in [0.4, 0.5) is 17.1 Å². The zero-order chi connectivity index (χ0) is 21.6. The van der Waals surface area contributed by atoms with Crippen LogP contribution in [-0.2, 0) is 5.41 Å². The minimum absolute atomic E-state index is 0.0383. The highest BCUT2D eigenvalue weighted by Gasteiger charge is 2.37. The molecule has 0 spiro atoms. The van der Waals surface area contributed by atoms with E-state index in [4.69, 9.17) is 4.74 Å². The van der Waals surface area contributed by atoms with E-state index >= 15 is 0 Å². The van der Waals surface area contributed by atoms with Crippen molar-refractivity contribution >= 4 is 17.1 Å². The van der Waals surface area contributed by atoms with Gasteiger partial charge in [-0.05, 0) is 53.9 Å². The Morgan fingerprint density at radius 3 is 2.23 bits per heavy atom. The molecule has 0 heterocycles. The minimum Gasteiger partial charge on any atom is -0.497 e. The first-order valence-electron chi connectivity index (χ1n) is 10.7. The number of nitrogens with zero attached hydrogens (tertiary/aromatic N) is 1. The summed E-state index contributed by atoms with van der Waals surface area (Å²) in [6.07, 6.45) is 0. The van der Waals surface area contributed by atoms with Gasteiger partial charge in [0.15, 0.2) is 0 Å². The molecule has 154 valence electrons. The summed E-state index contributed by atoms with van der Waals surface area (Å²) in [5.41, 5.74) is 10.1. The lowest BCUT2D eigenvalue weighted by molar-refractivity contribution is 0.415. The summed E-state index contributed by atoms with van der Waals surface area (Å²) in [5, 5.41) is 0. The van der Waals surface area contributed by atoms with Crippen molar-refractivity contribution in [2.45, 2.75) is 26.2 Å². The highest BCUT2D eigenvalue weighted by atomic mass is 16.5. The molecule has 2 nitrogen and oxygen atoms in total. The SMILES string of the molecule is COc1cccc(N(c2ccccc2)c2cccc3c2-c2ccc(C)cc2C3(C)C)c1. The fourth-order valence-electron chi connectivity index (χ4n) is 4.82. The molecule has 1 aliphatic carbocycles. The Balaban J connectivity index is 1.81. The van der Waals surface area contributed by atoms with Gasteiger partial charge >= 0.3 is 0 Å². The van der Waals surface area contributed by atoms with Gasteiger partial charge in [-0.25, -0.2) is 0 Å². The van der Waals surface area contributed by atoms with Gasteiger partial charge in [-0.3, -0.25) is 0 Å². The van der Waals surface area contributed by atoms with Crippen molar-refractivity contribution in [3.63, 3.8) is 0 Å². The summed E-state index contributed by atoms with van der Waals surface area (Å²) in [5.74, 6) is 0.849. The molecule has 0 unspecified atom stereocenters. The standard InChI is InChI=1S/C29H27NO/c1-20-16-17-24-26(18-20)29(2,3)25-14-9-15-27(28(24)25)30(21-10-6-5-7-11-21)22-12-8-13-23(19-22)31-4/h5-19H,1-4H3. The molecule has 0 fully saturated rings. The zero-order valence-electron chi connectivity index (χ0n) is 18.5. The Morgan fingerprint density at radius 2 is 1.45 bits per heavy atom. The van der Waals surface area contributed by atoms with E-state index in [1.165, 1.54) is 33.5 Å². The summed E-state index contributed by atoms with van der Waals surface area (Å²) in [7, 11) is 1.72. The smallest absolute Gasteiger partial charge is 0.120 e. The molecule has 0 saturated carbocycles. The lowest BCUT2D eigenvalue weighted by Gasteiger charge is -2.29. The molecule has 4 aromatic rings. The highest BCUT2D eigenvalue weighted by molar-refractivity contribution is 5.95. The van der Waals surface area contributed by atoms with E-state index in [0.717, 1.165) is 17.1 Å². The topological polar surface area (TPSA) is 12.5 Å². The molecule has 1 aliphatic rings. The quantitative estimate of drug-likeness (QED) is 0.344. The Morgan fingerprint density at radius 1 is 0.710 bits per heavy atom. The van der Waals surface area contributed by atoms with Crippen LogP contribution >= 0.6 is 0 Å². The van der Waals surface area contributed by atoms with Crippen molar-refractivity contribution < 1.29 is 4.74 Å². The second-order valence-corrected chi connectivity index (χ2v) is 8.75. The van der Waals surface area contributed by atoms with E-state index in [1.54, 1.807) is 7.11 Å². The second-order valence-electron chi connectivity index (χ2n) is 8.75. The van der Waals surface area contributed by atoms with E-state index in [2.05, 4.69) is 111 Å². The monoisotopic (exact) mass is 405 g/mol. The van der Waals surface area contributed by atoms with Crippen LogP contribution in [0.2, 0.25) is 0 Å². The van der Waals surface area contributed by atoms with E-state index < -0.39 is 0 Å². The van der Waals surface area contributed by atoms with Crippen molar-refractivity contribution in [3.05, 3.63) is 108 Å². The van der Waals surface area contributed by atoms with Crippen LogP contribution in [0.1, 0.15) is 30.5 Å². The third-order valence-corrected chi connectivity index (χ3v) is 6.40. The minimum atomic E-state index is -0.0383. The fourth-order valence-corrected chi connectivity index (χ4v) is 4.82. The first-order valence-corrected chi connectivity index (χ1v) is 10.7. The number of para-hydroxylation sites is 1. The van der Waals surface area contributed by atoms with Gasteiger partial charge in [-0.15, -0.1) is 0 Å². The van der Waals surface area contributed by atoms with Crippen LogP contribution in [-0.4, -0.2) is 7.11 Å². The van der Waals surface area contributed by atoms with Crippen LogP contribution in [0.15, 0.2) is 91.0 Å². The molecule has 0 N–H and O–H groups in total. The third kappa shape index (κ3) is 3.11. The van der Waals surface area contributed by atoms with Crippen LogP contribution in [0.5, 0.6) is 5.75 Å². The lowest BCUT2D eigenvalue weighted by Crippen LogP contribution is -2.16. The number of hydrogen-bond acceptors (Lipinski definition) is 2. The van der Waals surface area contributed by atoms with Gasteiger partial charge in [0.1, 0.15) is 5.75 Å². The molecule has 2 heteroatoms. The second kappa shape index (κ2) is 7.31. The zero-order valence-corrected chi connectivity index (χ0v) is 18.5. The van der Waals surface area contributed by atoms with Crippen LogP contribution in [0.25, 0.3) is 11.1 Å². The largest absolute Gasteiger partial charge is 0.497 e. The number of ether oxygens (including phenoxy) is 1. The normalized spacial score (nSPS) is 13.4. The predicted molar refractivity (Wildman–Crippen MR) is 130 cm³/mol. The number of fused-ring (bicyclic) bond motifs is 3. The summed E-state index contributed by atoms with van der Waals surface area (Å²) < 4.78 is 5.55. The van der Waals surface area contributed by atoms with Crippen LogP contribution in [0.3, 0.4) is 0 Å². The summed E-state index contributed by atoms with van der Waals surface area (Å²) in [4.78, 5) is 2.34. The summed E-state index contributed by atoms with van der Waals surface area (Å²) in [6, 6.07) is 32.4. The molecule has 0 aliphatic heterocycles. The van der Waals surface area contributed by atoms with E-state index in [9.17, 15) is 0 Å². The average Bonchev–Trinajstić information content (AvgIpc) is 3.02. The molecule has 0 saturated heterocycles. The highest BCUT2D eigenvalue weighted by Crippen LogP contribution is 2.54. The van der Waals surface area contributed by atoms with E-state index in [-0.39, 0.29) is 5.41 Å². The Labute approximate surface area is 184 Å². The molecule has 0 bridgehead atoms. The first-order chi connectivity index (χ1) is 15.0. The Hall–Kier alpha value is -3.52.